The standard InChI is InChI=1S/C16H20BrN7O/c1-4-22-9-13(8-19-22)7-18-16(25)14-5-6-23(21-14)10-24-12(3)15(17)11(2)20-24/h5-6,8-9H,4,7,10H2,1-3H3,(H,18,25). The maximum absolute atomic E-state index is 12.2. The molecule has 0 saturated heterocycles. The minimum Gasteiger partial charge on any atom is -0.346 e. The predicted molar refractivity (Wildman–Crippen MR) is 96.1 cm³/mol. The van der Waals surface area contributed by atoms with E-state index in [0.717, 1.165) is 28.0 Å². The molecule has 8 nitrogen and oxygen atoms in total. The van der Waals surface area contributed by atoms with Gasteiger partial charge < -0.3 is 5.32 Å². The zero-order chi connectivity index (χ0) is 18.0. The molecular formula is C16H20BrN7O. The molecule has 0 spiro atoms. The molecular weight excluding hydrogens is 386 g/mol. The van der Waals surface area contributed by atoms with Crippen LogP contribution in [0.25, 0.3) is 0 Å². The Kier molecular flexibility index (Phi) is 5.03. The van der Waals surface area contributed by atoms with Gasteiger partial charge in [-0.15, -0.1) is 0 Å². The quantitative estimate of drug-likeness (QED) is 0.680. The highest BCUT2D eigenvalue weighted by atomic mass is 79.9. The van der Waals surface area contributed by atoms with Crippen LogP contribution in [-0.2, 0) is 19.8 Å². The van der Waals surface area contributed by atoms with Crippen LogP contribution in [0, 0.1) is 13.8 Å². The molecule has 0 aliphatic rings. The van der Waals surface area contributed by atoms with E-state index in [-0.39, 0.29) is 5.91 Å². The fourth-order valence-electron chi connectivity index (χ4n) is 2.46. The molecule has 0 aliphatic carbocycles. The third-order valence-corrected chi connectivity index (χ3v) is 5.06. The van der Waals surface area contributed by atoms with Crippen LogP contribution in [0.2, 0.25) is 0 Å². The third-order valence-electron chi connectivity index (χ3n) is 3.91. The van der Waals surface area contributed by atoms with Gasteiger partial charge in [0.05, 0.1) is 22.1 Å². The number of rotatable bonds is 6. The largest absolute Gasteiger partial charge is 0.346 e. The Bertz CT molecular complexity index is 892. The molecule has 3 aromatic heterocycles. The SMILES string of the molecule is CCn1cc(CNC(=O)c2ccn(Cn3nc(C)c(Br)c3C)n2)cn1. The molecule has 3 rings (SSSR count). The lowest BCUT2D eigenvalue weighted by Gasteiger charge is -2.05. The van der Waals surface area contributed by atoms with Gasteiger partial charge in [-0.2, -0.15) is 15.3 Å². The highest BCUT2D eigenvalue weighted by Gasteiger charge is 2.12. The summed E-state index contributed by atoms with van der Waals surface area (Å²) in [6.45, 7) is 7.63. The number of aromatic nitrogens is 6. The molecule has 0 unspecified atom stereocenters. The summed E-state index contributed by atoms with van der Waals surface area (Å²) in [5, 5.41) is 15.8. The molecule has 0 bridgehead atoms. The Morgan fingerprint density at radius 3 is 2.72 bits per heavy atom. The van der Waals surface area contributed by atoms with E-state index in [9.17, 15) is 4.79 Å². The maximum atomic E-state index is 12.2. The Morgan fingerprint density at radius 2 is 2.08 bits per heavy atom. The normalized spacial score (nSPS) is 11.0. The summed E-state index contributed by atoms with van der Waals surface area (Å²) >= 11 is 3.51. The van der Waals surface area contributed by atoms with Gasteiger partial charge >= 0.3 is 0 Å². The van der Waals surface area contributed by atoms with Gasteiger partial charge in [0.15, 0.2) is 0 Å². The van der Waals surface area contributed by atoms with Crippen LogP contribution in [0.1, 0.15) is 34.4 Å². The van der Waals surface area contributed by atoms with E-state index in [1.807, 2.05) is 36.3 Å². The molecule has 25 heavy (non-hydrogen) atoms. The highest BCUT2D eigenvalue weighted by molar-refractivity contribution is 9.10. The Hall–Kier alpha value is -2.42. The van der Waals surface area contributed by atoms with Crippen molar-refractivity contribution in [2.75, 3.05) is 0 Å². The van der Waals surface area contributed by atoms with Gasteiger partial charge in [-0.25, -0.2) is 4.68 Å². The van der Waals surface area contributed by atoms with E-state index >= 15 is 0 Å². The number of carbonyl (C=O) groups excluding carboxylic acids is 1. The first-order chi connectivity index (χ1) is 12.0. The monoisotopic (exact) mass is 405 g/mol. The third kappa shape index (κ3) is 3.81. The number of hydrogen-bond donors (Lipinski definition) is 1. The molecule has 132 valence electrons. The maximum Gasteiger partial charge on any atom is 0.272 e. The molecule has 3 aromatic rings. The van der Waals surface area contributed by atoms with Crippen LogP contribution in [0.15, 0.2) is 29.1 Å². The van der Waals surface area contributed by atoms with Crippen LogP contribution in [0.4, 0.5) is 0 Å². The first-order valence-electron chi connectivity index (χ1n) is 8.00. The number of aryl methyl sites for hydroxylation is 2. The van der Waals surface area contributed by atoms with Gasteiger partial charge in [0.25, 0.3) is 5.91 Å². The number of hydrogen-bond acceptors (Lipinski definition) is 4. The van der Waals surface area contributed by atoms with E-state index in [0.29, 0.717) is 18.9 Å². The van der Waals surface area contributed by atoms with E-state index in [4.69, 9.17) is 0 Å². The summed E-state index contributed by atoms with van der Waals surface area (Å²) < 4.78 is 6.34. The molecule has 0 atom stereocenters. The second kappa shape index (κ2) is 7.22. The molecule has 0 saturated carbocycles. The van der Waals surface area contributed by atoms with E-state index < -0.39 is 0 Å². The Morgan fingerprint density at radius 1 is 1.28 bits per heavy atom. The van der Waals surface area contributed by atoms with Crippen molar-refractivity contribution in [3.8, 4) is 0 Å². The number of halogens is 1. The molecule has 0 fully saturated rings. The lowest BCUT2D eigenvalue weighted by molar-refractivity contribution is 0.0945. The average Bonchev–Trinajstić information content (AvgIpc) is 3.31. The molecule has 0 aliphatic heterocycles. The van der Waals surface area contributed by atoms with Crippen molar-refractivity contribution in [1.29, 1.82) is 0 Å². The number of carbonyl (C=O) groups is 1. The van der Waals surface area contributed by atoms with Gasteiger partial charge in [-0.3, -0.25) is 14.2 Å². The summed E-state index contributed by atoms with van der Waals surface area (Å²) in [4.78, 5) is 12.2. The average molecular weight is 406 g/mol. The fraction of sp³-hybridized carbons (Fsp3) is 0.375. The number of nitrogens with zero attached hydrogens (tertiary/aromatic N) is 6. The second-order valence-corrected chi connectivity index (χ2v) is 6.55. The lowest BCUT2D eigenvalue weighted by Crippen LogP contribution is -2.23. The molecule has 1 N–H and O–H groups in total. The van der Waals surface area contributed by atoms with Crippen LogP contribution < -0.4 is 5.32 Å². The van der Waals surface area contributed by atoms with E-state index in [1.54, 1.807) is 23.1 Å². The van der Waals surface area contributed by atoms with Gasteiger partial charge in [-0.05, 0) is 42.8 Å². The first-order valence-corrected chi connectivity index (χ1v) is 8.79. The van der Waals surface area contributed by atoms with E-state index in [1.165, 1.54) is 0 Å². The zero-order valence-electron chi connectivity index (χ0n) is 14.4. The smallest absolute Gasteiger partial charge is 0.272 e. The zero-order valence-corrected chi connectivity index (χ0v) is 16.0. The molecule has 1 amide bonds. The van der Waals surface area contributed by atoms with E-state index in [2.05, 4.69) is 36.5 Å². The van der Waals surface area contributed by atoms with Crippen LogP contribution in [-0.4, -0.2) is 35.2 Å². The molecule has 9 heteroatoms. The van der Waals surface area contributed by atoms with Crippen molar-refractivity contribution in [2.24, 2.45) is 0 Å². The van der Waals surface area contributed by atoms with Gasteiger partial charge in [0.1, 0.15) is 12.4 Å². The van der Waals surface area contributed by atoms with Crippen molar-refractivity contribution in [3.05, 3.63) is 51.8 Å². The number of nitrogens with one attached hydrogen (secondary N) is 1. The fourth-order valence-corrected chi connectivity index (χ4v) is 2.74. The van der Waals surface area contributed by atoms with Crippen molar-refractivity contribution in [3.63, 3.8) is 0 Å². The molecule has 0 aromatic carbocycles. The lowest BCUT2D eigenvalue weighted by atomic mass is 10.3. The second-order valence-electron chi connectivity index (χ2n) is 5.75. The number of amides is 1. The van der Waals surface area contributed by atoms with Crippen LogP contribution in [0.3, 0.4) is 0 Å². The topological polar surface area (TPSA) is 82.6 Å². The van der Waals surface area contributed by atoms with Crippen molar-refractivity contribution < 1.29 is 4.79 Å². The first kappa shape index (κ1) is 17.4. The summed E-state index contributed by atoms with van der Waals surface area (Å²) in [6.07, 6.45) is 5.44. The minimum atomic E-state index is -0.211. The summed E-state index contributed by atoms with van der Waals surface area (Å²) in [6, 6.07) is 1.70. The van der Waals surface area contributed by atoms with Crippen molar-refractivity contribution in [2.45, 2.75) is 40.5 Å². The Balaban J connectivity index is 1.62. The summed E-state index contributed by atoms with van der Waals surface area (Å²) in [5.74, 6) is -0.211. The van der Waals surface area contributed by atoms with Gasteiger partial charge in [-0.1, -0.05) is 0 Å². The summed E-state index contributed by atoms with van der Waals surface area (Å²) in [5.41, 5.74) is 3.28. The van der Waals surface area contributed by atoms with Crippen LogP contribution in [0.5, 0.6) is 0 Å². The summed E-state index contributed by atoms with van der Waals surface area (Å²) in [7, 11) is 0. The Labute approximate surface area is 154 Å². The van der Waals surface area contributed by atoms with Gasteiger partial charge in [0, 0.05) is 31.0 Å². The highest BCUT2D eigenvalue weighted by Crippen LogP contribution is 2.19. The molecule has 3 heterocycles. The van der Waals surface area contributed by atoms with Crippen molar-refractivity contribution in [1.82, 2.24) is 34.7 Å². The molecule has 0 radical (unpaired) electrons. The van der Waals surface area contributed by atoms with Crippen LogP contribution >= 0.6 is 15.9 Å². The van der Waals surface area contributed by atoms with Gasteiger partial charge in [0.2, 0.25) is 0 Å². The predicted octanol–water partition coefficient (Wildman–Crippen LogP) is 2.11. The minimum absolute atomic E-state index is 0.211. The van der Waals surface area contributed by atoms with Crippen molar-refractivity contribution >= 4 is 21.8 Å².